The van der Waals surface area contributed by atoms with Gasteiger partial charge in [0.15, 0.2) is 0 Å². The van der Waals surface area contributed by atoms with Crippen LogP contribution in [0.5, 0.6) is 23.0 Å². The van der Waals surface area contributed by atoms with E-state index in [0.717, 1.165) is 5.56 Å². The molecule has 5 rings (SSSR count). The molecule has 4 aromatic carbocycles. The Balaban J connectivity index is 1.65. The van der Waals surface area contributed by atoms with E-state index in [9.17, 15) is 14.7 Å². The molecular formula is C32H27NO6. The van der Waals surface area contributed by atoms with Crippen molar-refractivity contribution in [2.45, 2.75) is 13.0 Å². The number of aryl methyl sites for hydroxylation is 1. The number of methoxy groups -OCH3 is 2. The van der Waals surface area contributed by atoms with E-state index in [0.29, 0.717) is 34.2 Å². The number of benzene rings is 4. The van der Waals surface area contributed by atoms with Crippen LogP contribution in [0.25, 0.3) is 5.76 Å². The lowest BCUT2D eigenvalue weighted by Crippen LogP contribution is -2.29. The van der Waals surface area contributed by atoms with Crippen molar-refractivity contribution in [2.75, 3.05) is 19.1 Å². The predicted octanol–water partition coefficient (Wildman–Crippen LogP) is 6.43. The summed E-state index contributed by atoms with van der Waals surface area (Å²) in [4.78, 5) is 28.5. The topological polar surface area (TPSA) is 85.3 Å². The molecule has 1 unspecified atom stereocenters. The average molecular weight is 522 g/mol. The molecule has 1 saturated heterocycles. The van der Waals surface area contributed by atoms with Crippen LogP contribution in [0.15, 0.2) is 103 Å². The van der Waals surface area contributed by atoms with Crippen LogP contribution in [0.2, 0.25) is 0 Å². The smallest absolute Gasteiger partial charge is 0.300 e. The van der Waals surface area contributed by atoms with E-state index >= 15 is 0 Å². The number of carbonyl (C=O) groups excluding carboxylic acids is 2. The molecule has 196 valence electrons. The minimum absolute atomic E-state index is 0.0574. The number of aliphatic hydroxyl groups excluding tert-OH is 1. The molecule has 4 aromatic rings. The minimum Gasteiger partial charge on any atom is -0.506 e. The van der Waals surface area contributed by atoms with Crippen molar-refractivity contribution in [3.63, 3.8) is 0 Å². The Morgan fingerprint density at radius 2 is 1.38 bits per heavy atom. The summed E-state index contributed by atoms with van der Waals surface area (Å²) in [5, 5.41) is 11.6. The Morgan fingerprint density at radius 3 is 2.00 bits per heavy atom. The SMILES string of the molecule is COc1cccc(OC)c1/C(O)=C1\C(=O)C(=O)N(c2ccc(Oc3ccccc3)cc2)C1c1cccc(C)c1. The molecule has 39 heavy (non-hydrogen) atoms. The zero-order valence-corrected chi connectivity index (χ0v) is 21.8. The van der Waals surface area contributed by atoms with Crippen molar-refractivity contribution in [2.24, 2.45) is 0 Å². The van der Waals surface area contributed by atoms with Gasteiger partial charge in [0.25, 0.3) is 11.7 Å². The van der Waals surface area contributed by atoms with Crippen molar-refractivity contribution >= 4 is 23.1 Å². The molecule has 1 amide bonds. The van der Waals surface area contributed by atoms with Gasteiger partial charge in [0.2, 0.25) is 0 Å². The third kappa shape index (κ3) is 4.82. The number of hydrogen-bond acceptors (Lipinski definition) is 6. The van der Waals surface area contributed by atoms with Gasteiger partial charge >= 0.3 is 0 Å². The van der Waals surface area contributed by atoms with Crippen LogP contribution in [-0.2, 0) is 9.59 Å². The average Bonchev–Trinajstić information content (AvgIpc) is 3.23. The summed E-state index contributed by atoms with van der Waals surface area (Å²) in [6.45, 7) is 1.93. The number of ketones is 1. The maximum absolute atomic E-state index is 13.6. The number of aliphatic hydroxyl groups is 1. The molecule has 1 N–H and O–H groups in total. The Bertz CT molecular complexity index is 1540. The van der Waals surface area contributed by atoms with Crippen molar-refractivity contribution in [3.8, 4) is 23.0 Å². The predicted molar refractivity (Wildman–Crippen MR) is 148 cm³/mol. The first-order valence-corrected chi connectivity index (χ1v) is 12.3. The highest BCUT2D eigenvalue weighted by Gasteiger charge is 2.47. The molecule has 0 aromatic heterocycles. The molecule has 1 aliphatic heterocycles. The van der Waals surface area contributed by atoms with Gasteiger partial charge in [-0.2, -0.15) is 0 Å². The highest BCUT2D eigenvalue weighted by Crippen LogP contribution is 2.45. The molecule has 0 radical (unpaired) electrons. The minimum atomic E-state index is -0.889. The number of carbonyl (C=O) groups is 2. The Kier molecular flexibility index (Phi) is 7.06. The fraction of sp³-hybridized carbons (Fsp3) is 0.125. The van der Waals surface area contributed by atoms with E-state index in [-0.39, 0.29) is 16.9 Å². The van der Waals surface area contributed by atoms with E-state index in [4.69, 9.17) is 14.2 Å². The molecule has 1 atom stereocenters. The number of nitrogens with zero attached hydrogens (tertiary/aromatic N) is 1. The summed E-state index contributed by atoms with van der Waals surface area (Å²) in [7, 11) is 2.92. The fourth-order valence-corrected chi connectivity index (χ4v) is 4.77. The first-order valence-electron chi connectivity index (χ1n) is 12.3. The van der Waals surface area contributed by atoms with Gasteiger partial charge in [-0.05, 0) is 61.0 Å². The van der Waals surface area contributed by atoms with Crippen LogP contribution >= 0.6 is 0 Å². The van der Waals surface area contributed by atoms with E-state index in [1.165, 1.54) is 19.1 Å². The first kappa shape index (κ1) is 25.6. The zero-order chi connectivity index (χ0) is 27.5. The summed E-state index contributed by atoms with van der Waals surface area (Å²) in [6, 6.07) is 27.9. The highest BCUT2D eigenvalue weighted by atomic mass is 16.5. The van der Waals surface area contributed by atoms with Gasteiger partial charge < -0.3 is 19.3 Å². The molecule has 7 nitrogen and oxygen atoms in total. The second-order valence-corrected chi connectivity index (χ2v) is 9.03. The lowest BCUT2D eigenvalue weighted by atomic mass is 9.93. The molecule has 0 saturated carbocycles. The van der Waals surface area contributed by atoms with E-state index in [1.807, 2.05) is 61.5 Å². The highest BCUT2D eigenvalue weighted by molar-refractivity contribution is 6.51. The van der Waals surface area contributed by atoms with Gasteiger partial charge in [-0.15, -0.1) is 0 Å². The number of hydrogen-bond donors (Lipinski definition) is 1. The van der Waals surface area contributed by atoms with Crippen LogP contribution < -0.4 is 19.1 Å². The number of Topliss-reactive ketones (excluding diaryl/α,β-unsaturated/α-hetero) is 1. The Labute approximate surface area is 226 Å². The lowest BCUT2D eigenvalue weighted by Gasteiger charge is -2.26. The van der Waals surface area contributed by atoms with Crippen LogP contribution in [0, 0.1) is 6.92 Å². The third-order valence-corrected chi connectivity index (χ3v) is 6.56. The number of anilines is 1. The standard InChI is InChI=1S/C32H27NO6/c1-20-9-7-10-21(19-20)29-28(30(34)27-25(37-2)13-8-14-26(27)38-3)31(35)32(36)33(29)22-15-17-24(18-16-22)39-23-11-5-4-6-12-23/h4-19,29,34H,1-3H3/b30-28+. The van der Waals surface area contributed by atoms with Crippen molar-refractivity contribution in [1.29, 1.82) is 0 Å². The number of ether oxygens (including phenoxy) is 3. The number of rotatable bonds is 7. The maximum atomic E-state index is 13.6. The van der Waals surface area contributed by atoms with Crippen LogP contribution in [-0.4, -0.2) is 31.0 Å². The van der Waals surface area contributed by atoms with Gasteiger partial charge in [-0.3, -0.25) is 14.5 Å². The largest absolute Gasteiger partial charge is 0.506 e. The van der Waals surface area contributed by atoms with Gasteiger partial charge in [0.1, 0.15) is 34.3 Å². The molecule has 1 heterocycles. The summed E-state index contributed by atoms with van der Waals surface area (Å²) in [6.07, 6.45) is 0. The second kappa shape index (κ2) is 10.8. The van der Waals surface area contributed by atoms with Crippen LogP contribution in [0.4, 0.5) is 5.69 Å². The normalized spacial score (nSPS) is 16.3. The molecule has 0 spiro atoms. The summed E-state index contributed by atoms with van der Waals surface area (Å²) >= 11 is 0. The molecule has 0 bridgehead atoms. The van der Waals surface area contributed by atoms with Crippen LogP contribution in [0.3, 0.4) is 0 Å². The summed E-state index contributed by atoms with van der Waals surface area (Å²) in [5.74, 6) is -0.0681. The fourth-order valence-electron chi connectivity index (χ4n) is 4.77. The molecule has 7 heteroatoms. The number of para-hydroxylation sites is 1. The maximum Gasteiger partial charge on any atom is 0.300 e. The van der Waals surface area contributed by atoms with Crippen molar-refractivity contribution in [3.05, 3.63) is 119 Å². The zero-order valence-electron chi connectivity index (χ0n) is 21.8. The summed E-state index contributed by atoms with van der Waals surface area (Å²) in [5.41, 5.74) is 2.24. The molecular weight excluding hydrogens is 494 g/mol. The lowest BCUT2D eigenvalue weighted by molar-refractivity contribution is -0.132. The number of amides is 1. The van der Waals surface area contributed by atoms with Gasteiger partial charge in [0, 0.05) is 5.69 Å². The monoisotopic (exact) mass is 521 g/mol. The quantitative estimate of drug-likeness (QED) is 0.171. The summed E-state index contributed by atoms with van der Waals surface area (Å²) < 4.78 is 16.8. The molecule has 0 aliphatic carbocycles. The van der Waals surface area contributed by atoms with Gasteiger partial charge in [0.05, 0.1) is 25.8 Å². The molecule has 1 aliphatic rings. The van der Waals surface area contributed by atoms with Crippen molar-refractivity contribution < 1.29 is 28.9 Å². The Morgan fingerprint density at radius 1 is 0.769 bits per heavy atom. The van der Waals surface area contributed by atoms with Crippen molar-refractivity contribution in [1.82, 2.24) is 0 Å². The van der Waals surface area contributed by atoms with Crippen LogP contribution in [0.1, 0.15) is 22.7 Å². The van der Waals surface area contributed by atoms with E-state index in [2.05, 4.69) is 0 Å². The third-order valence-electron chi connectivity index (χ3n) is 6.56. The van der Waals surface area contributed by atoms with Gasteiger partial charge in [-0.25, -0.2) is 0 Å². The first-order chi connectivity index (χ1) is 18.9. The molecule has 1 fully saturated rings. The van der Waals surface area contributed by atoms with E-state index < -0.39 is 17.7 Å². The van der Waals surface area contributed by atoms with E-state index in [1.54, 1.807) is 42.5 Å². The Hall–Kier alpha value is -5.04. The second-order valence-electron chi connectivity index (χ2n) is 9.03. The van der Waals surface area contributed by atoms with Gasteiger partial charge in [-0.1, -0.05) is 54.1 Å².